The molecule has 1 fully saturated rings. The number of rotatable bonds is 9. The predicted molar refractivity (Wildman–Crippen MR) is 94.1 cm³/mol. The molecule has 0 saturated carbocycles. The summed E-state index contributed by atoms with van der Waals surface area (Å²) in [4.78, 5) is 16.6. The van der Waals surface area contributed by atoms with Crippen LogP contribution < -0.4 is 15.0 Å². The SMILES string of the molecule is CC(C)(C)NC[C@H](O)COc1nsnc1N1CCOC(CO[N+](=O)[O-])C1. The highest BCUT2D eigenvalue weighted by Crippen LogP contribution is 2.27. The number of β-amino-alcohol motifs (C(OH)–C–C–N with tert-alkyl or cyclic N) is 1. The molecule has 148 valence electrons. The largest absolute Gasteiger partial charge is 0.472 e. The molecule has 1 aromatic rings. The zero-order valence-corrected chi connectivity index (χ0v) is 15.9. The van der Waals surface area contributed by atoms with E-state index in [0.29, 0.717) is 37.9 Å². The van der Waals surface area contributed by atoms with Crippen molar-refractivity contribution in [3.8, 4) is 5.88 Å². The minimum Gasteiger partial charge on any atom is -0.472 e. The number of aliphatic hydroxyl groups excluding tert-OH is 1. The lowest BCUT2D eigenvalue weighted by atomic mass is 10.1. The third kappa shape index (κ3) is 6.86. The number of aromatic nitrogens is 2. The molecule has 0 spiro atoms. The molecule has 11 nitrogen and oxygen atoms in total. The first-order valence-electron chi connectivity index (χ1n) is 8.27. The molecule has 2 heterocycles. The van der Waals surface area contributed by atoms with E-state index >= 15 is 0 Å². The molecule has 0 bridgehead atoms. The fraction of sp³-hybridized carbons (Fsp3) is 0.857. The Morgan fingerprint density at radius 2 is 2.31 bits per heavy atom. The second kappa shape index (κ2) is 9.26. The van der Waals surface area contributed by atoms with E-state index in [1.807, 2.05) is 25.7 Å². The summed E-state index contributed by atoms with van der Waals surface area (Å²) in [5, 5.41) is 22.7. The summed E-state index contributed by atoms with van der Waals surface area (Å²) in [5.41, 5.74) is -0.0943. The molecule has 12 heteroatoms. The summed E-state index contributed by atoms with van der Waals surface area (Å²) in [6, 6.07) is 0. The van der Waals surface area contributed by atoms with Crippen LogP contribution in [-0.2, 0) is 9.57 Å². The Morgan fingerprint density at radius 1 is 1.54 bits per heavy atom. The third-order valence-corrected chi connectivity index (χ3v) is 4.03. The standard InChI is InChI=1S/C14H25N5O6S/c1-14(2,3)15-6-10(20)8-24-13-12(16-26-17-13)18-4-5-23-11(7-18)9-25-19(21)22/h10-11,15,20H,4-9H2,1-3H3/t10-,11?/m0/s1. The maximum absolute atomic E-state index is 10.3. The molecule has 2 rings (SSSR count). The first-order chi connectivity index (χ1) is 12.2. The monoisotopic (exact) mass is 391 g/mol. The van der Waals surface area contributed by atoms with Gasteiger partial charge in [0.2, 0.25) is 5.82 Å². The molecule has 2 N–H and O–H groups in total. The van der Waals surface area contributed by atoms with E-state index in [-0.39, 0.29) is 18.8 Å². The number of ether oxygens (including phenoxy) is 2. The van der Waals surface area contributed by atoms with Crippen molar-refractivity contribution in [1.82, 2.24) is 14.1 Å². The van der Waals surface area contributed by atoms with Crippen molar-refractivity contribution < 1.29 is 24.5 Å². The molecule has 1 aliphatic rings. The molecular weight excluding hydrogens is 366 g/mol. The number of hydrogen-bond acceptors (Lipinski definition) is 11. The van der Waals surface area contributed by atoms with E-state index in [4.69, 9.17) is 9.47 Å². The summed E-state index contributed by atoms with van der Waals surface area (Å²) in [6.07, 6.45) is -1.13. The number of hydrogen-bond donors (Lipinski definition) is 2. The molecule has 0 amide bonds. The molecule has 1 aromatic heterocycles. The van der Waals surface area contributed by atoms with E-state index in [0.717, 1.165) is 11.7 Å². The lowest BCUT2D eigenvalue weighted by Gasteiger charge is -2.32. The van der Waals surface area contributed by atoms with Crippen molar-refractivity contribution >= 4 is 17.5 Å². The van der Waals surface area contributed by atoms with Crippen LogP contribution in [0, 0.1) is 10.1 Å². The van der Waals surface area contributed by atoms with E-state index in [2.05, 4.69) is 18.9 Å². The Balaban J connectivity index is 1.86. The van der Waals surface area contributed by atoms with Crippen LogP contribution in [0.3, 0.4) is 0 Å². The average molecular weight is 391 g/mol. The highest BCUT2D eigenvalue weighted by Gasteiger charge is 2.26. The zero-order valence-electron chi connectivity index (χ0n) is 15.1. The Morgan fingerprint density at radius 3 is 3.00 bits per heavy atom. The van der Waals surface area contributed by atoms with E-state index < -0.39 is 17.3 Å². The fourth-order valence-corrected chi connectivity index (χ4v) is 2.79. The highest BCUT2D eigenvalue weighted by molar-refractivity contribution is 6.99. The second-order valence-electron chi connectivity index (χ2n) is 6.95. The van der Waals surface area contributed by atoms with Crippen molar-refractivity contribution in [2.75, 3.05) is 44.4 Å². The molecule has 1 unspecified atom stereocenters. The summed E-state index contributed by atoms with van der Waals surface area (Å²) < 4.78 is 19.4. The minimum atomic E-state index is -0.839. The van der Waals surface area contributed by atoms with Crippen molar-refractivity contribution in [1.29, 1.82) is 0 Å². The molecule has 0 aliphatic carbocycles. The smallest absolute Gasteiger partial charge is 0.294 e. The summed E-state index contributed by atoms with van der Waals surface area (Å²) in [7, 11) is 0. The van der Waals surface area contributed by atoms with Crippen LogP contribution in [0.15, 0.2) is 0 Å². The maximum atomic E-state index is 10.3. The zero-order chi connectivity index (χ0) is 19.2. The Hall–Kier alpha value is -1.76. The molecule has 0 aromatic carbocycles. The van der Waals surface area contributed by atoms with Crippen molar-refractivity contribution in [3.05, 3.63) is 10.1 Å². The van der Waals surface area contributed by atoms with Gasteiger partial charge in [0.1, 0.15) is 19.3 Å². The number of anilines is 1. The van der Waals surface area contributed by atoms with Gasteiger partial charge in [0, 0.05) is 25.2 Å². The number of morpholine rings is 1. The summed E-state index contributed by atoms with van der Waals surface area (Å²) in [6.45, 7) is 7.71. The van der Waals surface area contributed by atoms with Gasteiger partial charge in [-0.1, -0.05) is 0 Å². The summed E-state index contributed by atoms with van der Waals surface area (Å²) >= 11 is 1.00. The average Bonchev–Trinajstić information content (AvgIpc) is 3.04. The number of nitrogens with zero attached hydrogens (tertiary/aromatic N) is 4. The quantitative estimate of drug-likeness (QED) is 0.440. The van der Waals surface area contributed by atoms with Gasteiger partial charge in [0.25, 0.3) is 11.0 Å². The van der Waals surface area contributed by atoms with Gasteiger partial charge >= 0.3 is 0 Å². The van der Waals surface area contributed by atoms with Gasteiger partial charge in [-0.25, -0.2) is 0 Å². The van der Waals surface area contributed by atoms with E-state index in [1.165, 1.54) is 0 Å². The van der Waals surface area contributed by atoms with E-state index in [9.17, 15) is 15.2 Å². The topological polar surface area (TPSA) is 132 Å². The molecule has 1 aliphatic heterocycles. The minimum absolute atomic E-state index is 0.0830. The second-order valence-corrected chi connectivity index (χ2v) is 7.48. The van der Waals surface area contributed by atoms with Gasteiger partial charge in [-0.15, -0.1) is 14.5 Å². The van der Waals surface area contributed by atoms with Crippen LogP contribution in [0.25, 0.3) is 0 Å². The molecule has 2 atom stereocenters. The maximum Gasteiger partial charge on any atom is 0.294 e. The third-order valence-electron chi connectivity index (χ3n) is 3.53. The van der Waals surface area contributed by atoms with Crippen LogP contribution >= 0.6 is 11.7 Å². The lowest BCUT2D eigenvalue weighted by molar-refractivity contribution is -0.759. The molecular formula is C14H25N5O6S. The Bertz CT molecular complexity index is 580. The molecule has 1 saturated heterocycles. The van der Waals surface area contributed by atoms with Gasteiger partial charge in [-0.3, -0.25) is 0 Å². The fourth-order valence-electron chi connectivity index (χ4n) is 2.27. The van der Waals surface area contributed by atoms with Crippen LogP contribution in [-0.4, -0.2) is 76.1 Å². The molecule has 26 heavy (non-hydrogen) atoms. The predicted octanol–water partition coefficient (Wildman–Crippen LogP) is 0.0794. The van der Waals surface area contributed by atoms with Crippen molar-refractivity contribution in [2.45, 2.75) is 38.5 Å². The highest BCUT2D eigenvalue weighted by atomic mass is 32.1. The van der Waals surface area contributed by atoms with E-state index in [1.54, 1.807) is 0 Å². The normalized spacial score (nSPS) is 19.2. The van der Waals surface area contributed by atoms with Crippen molar-refractivity contribution in [2.24, 2.45) is 0 Å². The Labute approximate surface area is 155 Å². The Kier molecular flexibility index (Phi) is 7.32. The first kappa shape index (κ1) is 20.6. The first-order valence-corrected chi connectivity index (χ1v) is 9.00. The van der Waals surface area contributed by atoms with Gasteiger partial charge in [-0.2, -0.15) is 4.37 Å². The van der Waals surface area contributed by atoms with Gasteiger partial charge in [0.15, 0.2) is 0 Å². The van der Waals surface area contributed by atoms with Gasteiger partial charge in [-0.05, 0) is 20.8 Å². The van der Waals surface area contributed by atoms with Crippen LogP contribution in [0.2, 0.25) is 0 Å². The molecule has 0 radical (unpaired) electrons. The number of nitrogens with one attached hydrogen (secondary N) is 1. The van der Waals surface area contributed by atoms with Crippen LogP contribution in [0.5, 0.6) is 5.88 Å². The van der Waals surface area contributed by atoms with Gasteiger partial charge in [0.05, 0.1) is 24.4 Å². The summed E-state index contributed by atoms with van der Waals surface area (Å²) in [5.74, 6) is 0.876. The van der Waals surface area contributed by atoms with Gasteiger partial charge < -0.3 is 29.6 Å². The van der Waals surface area contributed by atoms with Crippen LogP contribution in [0.1, 0.15) is 20.8 Å². The van der Waals surface area contributed by atoms with Crippen LogP contribution in [0.4, 0.5) is 5.82 Å². The number of aliphatic hydroxyl groups is 1. The lowest BCUT2D eigenvalue weighted by Crippen LogP contribution is -2.45. The van der Waals surface area contributed by atoms with Crippen molar-refractivity contribution in [3.63, 3.8) is 0 Å².